The van der Waals surface area contributed by atoms with Gasteiger partial charge >= 0.3 is 0 Å². The molecule has 1 aliphatic rings. The third-order valence-electron chi connectivity index (χ3n) is 8.73. The van der Waals surface area contributed by atoms with Gasteiger partial charge in [-0.1, -0.05) is 128 Å². The quantitative estimate of drug-likeness (QED) is 0.0378. The number of ketones is 2. The van der Waals surface area contributed by atoms with E-state index in [1.54, 1.807) is 40.9 Å². The van der Waals surface area contributed by atoms with Crippen molar-refractivity contribution in [2.75, 3.05) is 5.75 Å². The van der Waals surface area contributed by atoms with Crippen molar-refractivity contribution < 1.29 is 9.59 Å². The molecule has 0 bridgehead atoms. The highest BCUT2D eigenvalue weighted by Gasteiger charge is 2.32. The molecule has 46 heavy (non-hydrogen) atoms. The highest BCUT2D eigenvalue weighted by molar-refractivity contribution is 8.01. The molecule has 6 heteroatoms. The first-order valence-electron chi connectivity index (χ1n) is 17.5. The zero-order chi connectivity index (χ0) is 32.0. The lowest BCUT2D eigenvalue weighted by molar-refractivity contribution is 0.0990. The summed E-state index contributed by atoms with van der Waals surface area (Å²) in [5, 5.41) is 0. The lowest BCUT2D eigenvalue weighted by Crippen LogP contribution is -1.99. The van der Waals surface area contributed by atoms with Crippen molar-refractivity contribution in [2.45, 2.75) is 114 Å². The molecule has 2 nitrogen and oxygen atoms in total. The van der Waals surface area contributed by atoms with Crippen LogP contribution in [0.4, 0.5) is 0 Å². The van der Waals surface area contributed by atoms with Gasteiger partial charge in [-0.25, -0.2) is 0 Å². The molecule has 244 valence electrons. The zero-order valence-electron chi connectivity index (χ0n) is 27.3. The SMILES string of the molecule is CCCCCCCCCCCCCCCCCCSc1ccc(-c2ccc(-c3ccc(C=C4C(=O)c5ccccc5C4=O)s3)s2)s1. The molecule has 5 rings (SSSR count). The predicted octanol–water partition coefficient (Wildman–Crippen LogP) is 14.0. The number of carbonyl (C=O) groups excluding carboxylic acids is 2. The van der Waals surface area contributed by atoms with Crippen molar-refractivity contribution in [1.29, 1.82) is 0 Å². The topological polar surface area (TPSA) is 34.1 Å². The summed E-state index contributed by atoms with van der Waals surface area (Å²) in [7, 11) is 0. The summed E-state index contributed by atoms with van der Waals surface area (Å²) in [6.07, 6.45) is 24.4. The highest BCUT2D eigenvalue weighted by Crippen LogP contribution is 2.42. The molecule has 3 heterocycles. The molecule has 0 saturated heterocycles. The lowest BCUT2D eigenvalue weighted by Gasteiger charge is -2.03. The minimum absolute atomic E-state index is 0.171. The molecular weight excluding hydrogens is 641 g/mol. The fraction of sp³-hybridized carbons (Fsp3) is 0.450. The predicted molar refractivity (Wildman–Crippen MR) is 204 cm³/mol. The van der Waals surface area contributed by atoms with Crippen LogP contribution in [-0.2, 0) is 0 Å². The largest absolute Gasteiger partial charge is 0.288 e. The third kappa shape index (κ3) is 10.1. The summed E-state index contributed by atoms with van der Waals surface area (Å²) in [5.41, 5.74) is 1.29. The van der Waals surface area contributed by atoms with Crippen LogP contribution in [0.25, 0.3) is 25.6 Å². The van der Waals surface area contributed by atoms with E-state index in [0.717, 1.165) is 9.75 Å². The first kappa shape index (κ1) is 35.1. The fourth-order valence-electron chi connectivity index (χ4n) is 6.06. The van der Waals surface area contributed by atoms with Crippen LogP contribution in [-0.4, -0.2) is 17.3 Å². The van der Waals surface area contributed by atoms with Gasteiger partial charge in [0.2, 0.25) is 0 Å². The molecular formula is C40H48O2S4. The molecule has 0 fully saturated rings. The first-order chi connectivity index (χ1) is 22.6. The molecule has 0 radical (unpaired) electrons. The van der Waals surface area contributed by atoms with Crippen LogP contribution in [0, 0.1) is 0 Å². The Labute approximate surface area is 292 Å². The average Bonchev–Trinajstić information content (AvgIpc) is 3.88. The van der Waals surface area contributed by atoms with Crippen molar-refractivity contribution >= 4 is 63.4 Å². The molecule has 1 aliphatic carbocycles. The average molecular weight is 689 g/mol. The summed E-state index contributed by atoms with van der Waals surface area (Å²) >= 11 is 7.33. The summed E-state index contributed by atoms with van der Waals surface area (Å²) in [6.45, 7) is 2.29. The van der Waals surface area contributed by atoms with Gasteiger partial charge in [-0.3, -0.25) is 9.59 Å². The van der Waals surface area contributed by atoms with Crippen molar-refractivity contribution in [3.63, 3.8) is 0 Å². The van der Waals surface area contributed by atoms with Crippen LogP contribution in [0.3, 0.4) is 0 Å². The number of thioether (sulfide) groups is 1. The van der Waals surface area contributed by atoms with E-state index in [0.29, 0.717) is 11.1 Å². The van der Waals surface area contributed by atoms with E-state index in [9.17, 15) is 9.59 Å². The maximum absolute atomic E-state index is 12.8. The van der Waals surface area contributed by atoms with Crippen LogP contribution >= 0.6 is 45.8 Å². The number of hydrogen-bond acceptors (Lipinski definition) is 6. The molecule has 0 unspecified atom stereocenters. The molecule has 0 atom stereocenters. The Morgan fingerprint density at radius 3 is 1.54 bits per heavy atom. The molecule has 0 amide bonds. The van der Waals surface area contributed by atoms with E-state index >= 15 is 0 Å². The first-order valence-corrected chi connectivity index (χ1v) is 20.9. The summed E-state index contributed by atoms with van der Waals surface area (Å²) in [6, 6.07) is 20.1. The molecule has 0 spiro atoms. The number of fused-ring (bicyclic) bond motifs is 1. The van der Waals surface area contributed by atoms with Crippen LogP contribution in [0.1, 0.15) is 135 Å². The number of allylic oxidation sites excluding steroid dienone is 1. The van der Waals surface area contributed by atoms with Crippen LogP contribution in [0.15, 0.2) is 70.4 Å². The standard InChI is InChI=1S/C40H48O2S4/c1-2-3-4-5-6-7-8-9-10-11-12-13-14-15-16-19-28-43-38-27-26-37(46-38)36-25-24-35(45-36)34-23-22-30(44-34)29-33-39(41)31-20-17-18-21-32(31)40(33)42/h17-18,20-27,29H,2-16,19,28H2,1H3. The molecule has 4 aromatic rings. The summed E-state index contributed by atoms with van der Waals surface area (Å²) in [5.74, 6) is 0.864. The van der Waals surface area contributed by atoms with Gasteiger partial charge in [0.05, 0.1) is 9.78 Å². The van der Waals surface area contributed by atoms with Gasteiger partial charge in [0.25, 0.3) is 0 Å². The Balaban J connectivity index is 0.957. The Morgan fingerprint density at radius 2 is 0.978 bits per heavy atom. The summed E-state index contributed by atoms with van der Waals surface area (Å²) < 4.78 is 1.41. The Morgan fingerprint density at radius 1 is 0.522 bits per heavy atom. The minimum atomic E-state index is -0.171. The number of hydrogen-bond donors (Lipinski definition) is 0. The maximum Gasteiger partial charge on any atom is 0.197 e. The maximum atomic E-state index is 12.8. The second-order valence-electron chi connectivity index (χ2n) is 12.4. The smallest absolute Gasteiger partial charge is 0.197 e. The Hall–Kier alpha value is -2.25. The van der Waals surface area contributed by atoms with Crippen molar-refractivity contribution in [1.82, 2.24) is 0 Å². The van der Waals surface area contributed by atoms with Crippen molar-refractivity contribution in [2.24, 2.45) is 0 Å². The monoisotopic (exact) mass is 688 g/mol. The van der Waals surface area contributed by atoms with Crippen LogP contribution in [0.2, 0.25) is 0 Å². The molecule has 0 saturated carbocycles. The summed E-state index contributed by atoms with van der Waals surface area (Å²) in [4.78, 5) is 31.5. The van der Waals surface area contributed by atoms with E-state index in [1.807, 2.05) is 41.3 Å². The van der Waals surface area contributed by atoms with Crippen molar-refractivity contribution in [3.8, 4) is 19.5 Å². The Bertz CT molecular complexity index is 1530. The number of thiophene rings is 3. The number of benzene rings is 1. The molecule has 3 aromatic heterocycles. The number of unbranched alkanes of at least 4 members (excludes halogenated alkanes) is 15. The Kier molecular flexibility index (Phi) is 14.4. The van der Waals surface area contributed by atoms with Gasteiger partial charge in [-0.05, 0) is 54.6 Å². The second kappa shape index (κ2) is 18.9. The van der Waals surface area contributed by atoms with E-state index < -0.39 is 0 Å². The van der Waals surface area contributed by atoms with Gasteiger partial charge < -0.3 is 0 Å². The van der Waals surface area contributed by atoms with Crippen LogP contribution in [0.5, 0.6) is 0 Å². The van der Waals surface area contributed by atoms with Gasteiger partial charge in [0, 0.05) is 35.5 Å². The van der Waals surface area contributed by atoms with E-state index in [-0.39, 0.29) is 17.1 Å². The van der Waals surface area contributed by atoms with Gasteiger partial charge in [-0.15, -0.1) is 45.8 Å². The van der Waals surface area contributed by atoms with E-state index in [1.165, 1.54) is 127 Å². The fourth-order valence-corrected chi connectivity index (χ4v) is 10.4. The van der Waals surface area contributed by atoms with Crippen molar-refractivity contribution in [3.05, 3.63) is 82.2 Å². The second-order valence-corrected chi connectivity index (χ2v) is 17.1. The molecule has 1 aromatic carbocycles. The number of rotatable bonds is 21. The normalized spacial score (nSPS) is 12.8. The molecule has 0 aliphatic heterocycles. The van der Waals surface area contributed by atoms with Gasteiger partial charge in [0.15, 0.2) is 11.6 Å². The highest BCUT2D eigenvalue weighted by atomic mass is 32.2. The minimum Gasteiger partial charge on any atom is -0.288 e. The van der Waals surface area contributed by atoms with Gasteiger partial charge in [-0.2, -0.15) is 0 Å². The van der Waals surface area contributed by atoms with Crippen LogP contribution < -0.4 is 0 Å². The van der Waals surface area contributed by atoms with Gasteiger partial charge in [0.1, 0.15) is 0 Å². The number of Topliss-reactive ketones (excluding diaryl/α,β-unsaturated/α-hetero) is 2. The van der Waals surface area contributed by atoms with E-state index in [4.69, 9.17) is 0 Å². The third-order valence-corrected chi connectivity index (χ3v) is 13.6. The molecule has 0 N–H and O–H groups in total. The lowest BCUT2D eigenvalue weighted by atomic mass is 10.0. The van der Waals surface area contributed by atoms with E-state index in [2.05, 4.69) is 37.3 Å². The zero-order valence-corrected chi connectivity index (χ0v) is 30.6. The number of carbonyl (C=O) groups is 2.